The van der Waals surface area contributed by atoms with E-state index < -0.39 is 0 Å². The minimum Gasteiger partial charge on any atom is -0.484 e. The Labute approximate surface area is 118 Å². The summed E-state index contributed by atoms with van der Waals surface area (Å²) in [5.41, 5.74) is 3.09. The van der Waals surface area contributed by atoms with Crippen molar-refractivity contribution in [3.05, 3.63) is 59.4 Å². The molecule has 0 aliphatic carbocycles. The second kappa shape index (κ2) is 6.70. The Hall–Kier alpha value is -2.36. The molecule has 4 heteroatoms. The molecule has 2 aromatic rings. The van der Waals surface area contributed by atoms with Crippen molar-refractivity contribution in [3.8, 4) is 5.75 Å². The minimum absolute atomic E-state index is 0.0162. The van der Waals surface area contributed by atoms with Gasteiger partial charge in [0.1, 0.15) is 5.75 Å². The van der Waals surface area contributed by atoms with Crippen LogP contribution in [0.25, 0.3) is 0 Å². The Morgan fingerprint density at radius 1 is 1.15 bits per heavy atom. The van der Waals surface area contributed by atoms with Crippen LogP contribution in [-0.4, -0.2) is 17.5 Å². The van der Waals surface area contributed by atoms with Crippen molar-refractivity contribution in [3.63, 3.8) is 0 Å². The first-order chi connectivity index (χ1) is 9.63. The molecule has 0 radical (unpaired) electrons. The van der Waals surface area contributed by atoms with Crippen LogP contribution in [0.3, 0.4) is 0 Å². The normalized spacial score (nSPS) is 10.1. The number of nitrogens with one attached hydrogen (secondary N) is 1. The zero-order valence-corrected chi connectivity index (χ0v) is 11.7. The van der Waals surface area contributed by atoms with Crippen LogP contribution in [0.1, 0.15) is 16.8 Å². The van der Waals surface area contributed by atoms with Crippen LogP contribution < -0.4 is 10.1 Å². The lowest BCUT2D eigenvalue weighted by atomic mass is 10.2. The number of aryl methyl sites for hydroxylation is 2. The number of ether oxygens (including phenoxy) is 1. The molecule has 2 rings (SSSR count). The molecule has 4 nitrogen and oxygen atoms in total. The third-order valence-electron chi connectivity index (χ3n) is 2.85. The molecule has 0 bridgehead atoms. The Morgan fingerprint density at radius 3 is 2.55 bits per heavy atom. The maximum absolute atomic E-state index is 11.7. The van der Waals surface area contributed by atoms with E-state index in [-0.39, 0.29) is 12.5 Å². The number of aromatic nitrogens is 1. The maximum atomic E-state index is 11.7. The summed E-state index contributed by atoms with van der Waals surface area (Å²) < 4.78 is 5.40. The first-order valence-electron chi connectivity index (χ1n) is 6.51. The molecule has 0 unspecified atom stereocenters. The SMILES string of the molecule is Cc1ccc(OCC(=O)NCc2ccc(C)nc2)cc1. The van der Waals surface area contributed by atoms with Crippen molar-refractivity contribution in [2.75, 3.05) is 6.61 Å². The van der Waals surface area contributed by atoms with Gasteiger partial charge in [0.25, 0.3) is 5.91 Å². The number of hydrogen-bond donors (Lipinski definition) is 1. The van der Waals surface area contributed by atoms with Gasteiger partial charge in [0.05, 0.1) is 0 Å². The molecule has 20 heavy (non-hydrogen) atoms. The van der Waals surface area contributed by atoms with E-state index in [1.54, 1.807) is 6.20 Å². The first kappa shape index (κ1) is 14.1. The highest BCUT2D eigenvalue weighted by Gasteiger charge is 2.03. The zero-order valence-electron chi connectivity index (χ0n) is 11.7. The van der Waals surface area contributed by atoms with Gasteiger partial charge in [0, 0.05) is 18.4 Å². The maximum Gasteiger partial charge on any atom is 0.258 e. The third-order valence-corrected chi connectivity index (χ3v) is 2.85. The molecule has 1 heterocycles. The monoisotopic (exact) mass is 270 g/mol. The summed E-state index contributed by atoms with van der Waals surface area (Å²) in [5.74, 6) is 0.550. The average molecular weight is 270 g/mol. The lowest BCUT2D eigenvalue weighted by Crippen LogP contribution is -2.28. The molecule has 104 valence electrons. The number of rotatable bonds is 5. The summed E-state index contributed by atoms with van der Waals surface area (Å²) >= 11 is 0. The minimum atomic E-state index is -0.147. The van der Waals surface area contributed by atoms with Crippen molar-refractivity contribution in [1.29, 1.82) is 0 Å². The number of carbonyl (C=O) groups is 1. The standard InChI is InChI=1S/C16H18N2O2/c1-12-3-7-15(8-4-12)20-11-16(19)18-10-14-6-5-13(2)17-9-14/h3-9H,10-11H2,1-2H3,(H,18,19). The molecule has 0 aliphatic rings. The molecular weight excluding hydrogens is 252 g/mol. The van der Waals surface area contributed by atoms with E-state index in [4.69, 9.17) is 4.74 Å². The van der Waals surface area contributed by atoms with Gasteiger partial charge in [0.2, 0.25) is 0 Å². The van der Waals surface area contributed by atoms with Gasteiger partial charge >= 0.3 is 0 Å². The molecule has 0 atom stereocenters. The van der Waals surface area contributed by atoms with Gasteiger partial charge in [0.15, 0.2) is 6.61 Å². The van der Waals surface area contributed by atoms with Crippen LogP contribution in [0.2, 0.25) is 0 Å². The summed E-state index contributed by atoms with van der Waals surface area (Å²) in [6, 6.07) is 11.5. The van der Waals surface area contributed by atoms with Gasteiger partial charge in [-0.15, -0.1) is 0 Å². The first-order valence-corrected chi connectivity index (χ1v) is 6.51. The molecule has 0 spiro atoms. The highest BCUT2D eigenvalue weighted by Crippen LogP contribution is 2.10. The molecular formula is C16H18N2O2. The van der Waals surface area contributed by atoms with Crippen molar-refractivity contribution in [2.45, 2.75) is 20.4 Å². The third kappa shape index (κ3) is 4.39. The second-order valence-electron chi connectivity index (χ2n) is 4.69. The van der Waals surface area contributed by atoms with Gasteiger partial charge in [-0.3, -0.25) is 9.78 Å². The number of amides is 1. The van der Waals surface area contributed by atoms with E-state index in [1.807, 2.05) is 50.2 Å². The van der Waals surface area contributed by atoms with Gasteiger partial charge in [-0.2, -0.15) is 0 Å². The van der Waals surface area contributed by atoms with Crippen LogP contribution >= 0.6 is 0 Å². The Bertz CT molecular complexity index is 511. The van der Waals surface area contributed by atoms with Gasteiger partial charge in [-0.05, 0) is 37.6 Å². The largest absolute Gasteiger partial charge is 0.484 e. The van der Waals surface area contributed by atoms with E-state index in [0.29, 0.717) is 12.3 Å². The number of nitrogens with zero attached hydrogens (tertiary/aromatic N) is 1. The topological polar surface area (TPSA) is 51.2 Å². The summed E-state index contributed by atoms with van der Waals surface area (Å²) in [5, 5.41) is 2.80. The fraction of sp³-hybridized carbons (Fsp3) is 0.250. The van der Waals surface area contributed by atoms with Crippen LogP contribution in [0.4, 0.5) is 0 Å². The number of pyridine rings is 1. The van der Waals surface area contributed by atoms with E-state index in [0.717, 1.165) is 16.8 Å². The van der Waals surface area contributed by atoms with Crippen molar-refractivity contribution < 1.29 is 9.53 Å². The molecule has 1 aromatic heterocycles. The van der Waals surface area contributed by atoms with Crippen molar-refractivity contribution in [1.82, 2.24) is 10.3 Å². The van der Waals surface area contributed by atoms with Crippen LogP contribution in [-0.2, 0) is 11.3 Å². The summed E-state index contributed by atoms with van der Waals surface area (Å²) in [6.07, 6.45) is 1.76. The predicted octanol–water partition coefficient (Wildman–Crippen LogP) is 2.39. The van der Waals surface area contributed by atoms with Crippen LogP contribution in [0, 0.1) is 13.8 Å². The van der Waals surface area contributed by atoms with E-state index in [9.17, 15) is 4.79 Å². The quantitative estimate of drug-likeness (QED) is 0.907. The van der Waals surface area contributed by atoms with E-state index >= 15 is 0 Å². The van der Waals surface area contributed by atoms with E-state index in [2.05, 4.69) is 10.3 Å². The lowest BCUT2D eigenvalue weighted by molar-refractivity contribution is -0.123. The van der Waals surface area contributed by atoms with Gasteiger partial charge in [-0.1, -0.05) is 23.8 Å². The second-order valence-corrected chi connectivity index (χ2v) is 4.69. The molecule has 0 saturated heterocycles. The fourth-order valence-electron chi connectivity index (χ4n) is 1.64. The van der Waals surface area contributed by atoms with E-state index in [1.165, 1.54) is 0 Å². The zero-order chi connectivity index (χ0) is 14.4. The predicted molar refractivity (Wildman–Crippen MR) is 77.5 cm³/mol. The molecule has 1 aromatic carbocycles. The average Bonchev–Trinajstić information content (AvgIpc) is 2.46. The Balaban J connectivity index is 1.75. The Kier molecular flexibility index (Phi) is 4.71. The molecule has 0 aliphatic heterocycles. The number of carbonyl (C=O) groups excluding carboxylic acids is 1. The Morgan fingerprint density at radius 2 is 1.90 bits per heavy atom. The smallest absolute Gasteiger partial charge is 0.258 e. The van der Waals surface area contributed by atoms with Crippen LogP contribution in [0.5, 0.6) is 5.75 Å². The molecule has 0 saturated carbocycles. The lowest BCUT2D eigenvalue weighted by Gasteiger charge is -2.07. The van der Waals surface area contributed by atoms with Gasteiger partial charge in [-0.25, -0.2) is 0 Å². The molecule has 1 amide bonds. The van der Waals surface area contributed by atoms with Crippen LogP contribution in [0.15, 0.2) is 42.6 Å². The van der Waals surface area contributed by atoms with Crippen molar-refractivity contribution >= 4 is 5.91 Å². The molecule has 0 fully saturated rings. The summed E-state index contributed by atoms with van der Waals surface area (Å²) in [7, 11) is 0. The number of hydrogen-bond acceptors (Lipinski definition) is 3. The number of benzene rings is 1. The fourth-order valence-corrected chi connectivity index (χ4v) is 1.64. The summed E-state index contributed by atoms with van der Waals surface area (Å²) in [6.45, 7) is 4.41. The molecule has 1 N–H and O–H groups in total. The highest BCUT2D eigenvalue weighted by molar-refractivity contribution is 5.77. The summed E-state index contributed by atoms with van der Waals surface area (Å²) in [4.78, 5) is 15.8. The highest BCUT2D eigenvalue weighted by atomic mass is 16.5. The van der Waals surface area contributed by atoms with Crippen molar-refractivity contribution in [2.24, 2.45) is 0 Å². The van der Waals surface area contributed by atoms with Gasteiger partial charge < -0.3 is 10.1 Å².